The van der Waals surface area contributed by atoms with E-state index in [1.807, 2.05) is 12.1 Å². The van der Waals surface area contributed by atoms with Gasteiger partial charge in [-0.25, -0.2) is 4.98 Å². The maximum Gasteiger partial charge on any atom is 0.161 e. The molecular formula is C27H40Cl2N4O2. The molecule has 0 saturated carbocycles. The summed E-state index contributed by atoms with van der Waals surface area (Å²) >= 11 is 0. The summed E-state index contributed by atoms with van der Waals surface area (Å²) in [5.41, 5.74) is 2.14. The van der Waals surface area contributed by atoms with E-state index in [0.29, 0.717) is 0 Å². The molecule has 0 radical (unpaired) electrons. The first kappa shape index (κ1) is 26.6. The molecule has 0 spiro atoms. The highest BCUT2D eigenvalue weighted by Crippen LogP contribution is 2.37. The number of nitrogens with one attached hydrogen (secondary N) is 1. The molecule has 3 atom stereocenters. The second-order valence-electron chi connectivity index (χ2n) is 10.7. The van der Waals surface area contributed by atoms with Crippen LogP contribution >= 0.6 is 24.8 Å². The van der Waals surface area contributed by atoms with Crippen molar-refractivity contribution in [2.75, 3.05) is 27.3 Å². The van der Waals surface area contributed by atoms with Gasteiger partial charge in [0.2, 0.25) is 0 Å². The van der Waals surface area contributed by atoms with Gasteiger partial charge in [-0.1, -0.05) is 0 Å². The summed E-state index contributed by atoms with van der Waals surface area (Å²) in [6.07, 6.45) is 12.9. The van der Waals surface area contributed by atoms with E-state index in [-0.39, 0.29) is 24.8 Å². The highest BCUT2D eigenvalue weighted by Gasteiger charge is 2.38. The van der Waals surface area contributed by atoms with Gasteiger partial charge < -0.3 is 24.3 Å². The van der Waals surface area contributed by atoms with Crippen molar-refractivity contribution in [3.05, 3.63) is 30.2 Å². The number of hydrogen-bond acceptors (Lipinski definition) is 5. The summed E-state index contributed by atoms with van der Waals surface area (Å²) in [7, 11) is 3.36. The van der Waals surface area contributed by atoms with E-state index in [9.17, 15) is 0 Å². The van der Waals surface area contributed by atoms with E-state index < -0.39 is 0 Å². The molecule has 6 rings (SSSR count). The maximum absolute atomic E-state index is 5.50. The van der Waals surface area contributed by atoms with Crippen molar-refractivity contribution in [1.29, 1.82) is 0 Å². The summed E-state index contributed by atoms with van der Waals surface area (Å²) in [6, 6.07) is 8.51. The van der Waals surface area contributed by atoms with Gasteiger partial charge in [0.1, 0.15) is 5.82 Å². The monoisotopic (exact) mass is 522 g/mol. The Hall–Kier alpha value is -1.47. The predicted molar refractivity (Wildman–Crippen MR) is 144 cm³/mol. The lowest BCUT2D eigenvalue weighted by molar-refractivity contribution is 0.0725. The third-order valence-corrected chi connectivity index (χ3v) is 8.91. The predicted octanol–water partition coefficient (Wildman–Crippen LogP) is 4.97. The average Bonchev–Trinajstić information content (AvgIpc) is 3.45. The van der Waals surface area contributed by atoms with Crippen molar-refractivity contribution in [3.8, 4) is 22.8 Å². The number of rotatable bonds is 5. The first-order valence-electron chi connectivity index (χ1n) is 13.0. The number of aryl methyl sites for hydroxylation is 1. The number of halogens is 2. The van der Waals surface area contributed by atoms with Crippen LogP contribution in [0.5, 0.6) is 11.5 Å². The van der Waals surface area contributed by atoms with Gasteiger partial charge in [-0.2, -0.15) is 0 Å². The lowest BCUT2D eigenvalue weighted by Gasteiger charge is -2.43. The molecule has 0 amide bonds. The van der Waals surface area contributed by atoms with Crippen LogP contribution in [0.15, 0.2) is 24.4 Å². The Morgan fingerprint density at radius 3 is 2.29 bits per heavy atom. The molecular weight excluding hydrogens is 483 g/mol. The van der Waals surface area contributed by atoms with Crippen LogP contribution in [0.2, 0.25) is 0 Å². The summed E-state index contributed by atoms with van der Waals surface area (Å²) in [4.78, 5) is 7.81. The zero-order valence-corrected chi connectivity index (χ0v) is 22.6. The Balaban J connectivity index is 0.00000144. The quantitative estimate of drug-likeness (QED) is 0.600. The Bertz CT molecular complexity index is 980. The van der Waals surface area contributed by atoms with Crippen molar-refractivity contribution in [1.82, 2.24) is 19.8 Å². The number of imidazole rings is 1. The minimum Gasteiger partial charge on any atom is -0.493 e. The molecule has 2 unspecified atom stereocenters. The van der Waals surface area contributed by atoms with Crippen LogP contribution < -0.4 is 14.8 Å². The van der Waals surface area contributed by atoms with E-state index in [4.69, 9.17) is 14.5 Å². The second kappa shape index (κ2) is 11.3. The van der Waals surface area contributed by atoms with E-state index >= 15 is 0 Å². The van der Waals surface area contributed by atoms with Crippen LogP contribution in [0, 0.1) is 11.8 Å². The number of benzene rings is 1. The van der Waals surface area contributed by atoms with Crippen molar-refractivity contribution in [2.24, 2.45) is 11.8 Å². The van der Waals surface area contributed by atoms with Gasteiger partial charge in [-0.3, -0.25) is 0 Å². The minimum absolute atomic E-state index is 0. The second-order valence-corrected chi connectivity index (χ2v) is 10.7. The summed E-state index contributed by atoms with van der Waals surface area (Å²) < 4.78 is 13.3. The third kappa shape index (κ3) is 5.31. The zero-order valence-electron chi connectivity index (χ0n) is 20.9. The molecule has 1 aromatic carbocycles. The smallest absolute Gasteiger partial charge is 0.161 e. The zero-order chi connectivity index (χ0) is 22.4. The van der Waals surface area contributed by atoms with Crippen LogP contribution in [0.3, 0.4) is 0 Å². The van der Waals surface area contributed by atoms with E-state index in [1.54, 1.807) is 14.2 Å². The summed E-state index contributed by atoms with van der Waals surface area (Å²) in [5.74, 6) is 4.40. The highest BCUT2D eigenvalue weighted by atomic mass is 35.5. The first-order valence-corrected chi connectivity index (χ1v) is 13.0. The van der Waals surface area contributed by atoms with Crippen molar-refractivity contribution in [2.45, 2.75) is 76.0 Å². The minimum atomic E-state index is 0. The molecule has 4 aliphatic heterocycles. The molecule has 35 heavy (non-hydrogen) atoms. The molecule has 3 saturated heterocycles. The fourth-order valence-electron chi connectivity index (χ4n) is 7.07. The number of fused-ring (bicyclic) bond motifs is 3. The molecule has 0 aliphatic carbocycles. The number of methoxy groups -OCH3 is 2. The molecule has 1 N–H and O–H groups in total. The molecule has 5 heterocycles. The van der Waals surface area contributed by atoms with Gasteiger partial charge in [0.15, 0.2) is 11.5 Å². The van der Waals surface area contributed by atoms with Crippen LogP contribution in [0.1, 0.15) is 50.8 Å². The molecule has 1 aromatic heterocycles. The fourth-order valence-corrected chi connectivity index (χ4v) is 7.07. The third-order valence-electron chi connectivity index (χ3n) is 8.91. The summed E-state index contributed by atoms with van der Waals surface area (Å²) in [5, 5.41) is 3.81. The average molecular weight is 524 g/mol. The lowest BCUT2D eigenvalue weighted by atomic mass is 9.79. The molecule has 8 heteroatoms. The lowest BCUT2D eigenvalue weighted by Crippen LogP contribution is -2.51. The number of nitrogens with zero attached hydrogens (tertiary/aromatic N) is 3. The van der Waals surface area contributed by atoms with Crippen LogP contribution in [-0.4, -0.2) is 59.9 Å². The van der Waals surface area contributed by atoms with E-state index in [0.717, 1.165) is 65.7 Å². The molecule has 194 valence electrons. The standard InChI is InChI=1S/C27H38N4O2.2ClH/c1-32-25-7-3-19(13-26(25)33-2)24-17-31-16-20(4-8-27(31)29-24)18-9-11-30(12-10-18)23-14-21-5-6-22(15-23)28-21;;/h3,7,13,17-18,20-23,28H,4-6,8-12,14-16H2,1-2H3;2*1H/t20-,21?,22?,23?;;/m0../s1. The molecule has 3 fully saturated rings. The fraction of sp³-hybridized carbons (Fsp3) is 0.667. The van der Waals surface area contributed by atoms with Gasteiger partial charge in [0.25, 0.3) is 0 Å². The number of piperidine rings is 2. The number of ether oxygens (including phenoxy) is 2. The summed E-state index contributed by atoms with van der Waals surface area (Å²) in [6.45, 7) is 3.73. The number of likely N-dealkylation sites (tertiary alicyclic amines) is 1. The van der Waals surface area contributed by atoms with E-state index in [2.05, 4.69) is 27.0 Å². The van der Waals surface area contributed by atoms with Crippen molar-refractivity contribution in [3.63, 3.8) is 0 Å². The Morgan fingerprint density at radius 2 is 1.60 bits per heavy atom. The Kier molecular flexibility index (Phi) is 8.57. The van der Waals surface area contributed by atoms with Gasteiger partial charge in [-0.15, -0.1) is 24.8 Å². The first-order chi connectivity index (χ1) is 16.2. The highest BCUT2D eigenvalue weighted by molar-refractivity contribution is 5.85. The van der Waals surface area contributed by atoms with Crippen LogP contribution in [0.25, 0.3) is 11.3 Å². The van der Waals surface area contributed by atoms with Gasteiger partial charge in [0, 0.05) is 42.9 Å². The maximum atomic E-state index is 5.50. The van der Waals surface area contributed by atoms with Gasteiger partial charge in [-0.05, 0) is 88.1 Å². The number of hydrogen-bond donors (Lipinski definition) is 1. The molecule has 4 aliphatic rings. The molecule has 6 nitrogen and oxygen atoms in total. The normalized spacial score (nSPS) is 28.5. The van der Waals surface area contributed by atoms with Crippen molar-refractivity contribution < 1.29 is 9.47 Å². The molecule has 2 aromatic rings. The Labute approximate surface area is 222 Å². The molecule has 2 bridgehead atoms. The van der Waals surface area contributed by atoms with Gasteiger partial charge >= 0.3 is 0 Å². The van der Waals surface area contributed by atoms with Gasteiger partial charge in [0.05, 0.1) is 19.9 Å². The van der Waals surface area contributed by atoms with Crippen LogP contribution in [0.4, 0.5) is 0 Å². The SMILES string of the molecule is COc1ccc(-c2cn3c(n2)CC[C@H](C2CCN(C4CC5CCC(C4)N5)CC2)C3)cc1OC.Cl.Cl. The van der Waals surface area contributed by atoms with Crippen LogP contribution in [-0.2, 0) is 13.0 Å². The van der Waals surface area contributed by atoms with Crippen molar-refractivity contribution >= 4 is 24.8 Å². The largest absolute Gasteiger partial charge is 0.493 e. The number of aromatic nitrogens is 2. The Morgan fingerprint density at radius 1 is 0.886 bits per heavy atom. The topological polar surface area (TPSA) is 51.5 Å². The van der Waals surface area contributed by atoms with E-state index in [1.165, 1.54) is 63.9 Å².